The largest absolute Gasteiger partial charge is 0.453 e. The summed E-state index contributed by atoms with van der Waals surface area (Å²) in [6, 6.07) is 15.1. The van der Waals surface area contributed by atoms with Crippen LogP contribution in [0.1, 0.15) is 11.1 Å². The lowest BCUT2D eigenvalue weighted by Gasteiger charge is -2.13. The van der Waals surface area contributed by atoms with Crippen LogP contribution in [0.15, 0.2) is 53.5 Å². The van der Waals surface area contributed by atoms with Crippen molar-refractivity contribution in [1.29, 1.82) is 0 Å². The molecule has 0 aliphatic rings. The van der Waals surface area contributed by atoms with Crippen LogP contribution in [0.4, 0.5) is 10.5 Å². The average Bonchev–Trinajstić information content (AvgIpc) is 2.64. The zero-order chi connectivity index (χ0) is 18.1. The molecule has 0 unspecified atom stereocenters. The summed E-state index contributed by atoms with van der Waals surface area (Å²) in [4.78, 5) is 15.3. The van der Waals surface area contributed by atoms with Gasteiger partial charge in [-0.2, -0.15) is 0 Å². The molecule has 3 N–H and O–H groups in total. The molecule has 0 spiro atoms. The van der Waals surface area contributed by atoms with Crippen molar-refractivity contribution in [3.63, 3.8) is 0 Å². The Balaban J connectivity index is 1.84. The number of amides is 1. The number of nitrogens with zero attached hydrogens (tertiary/aromatic N) is 1. The number of carbonyl (C=O) groups excluding carboxylic acids is 1. The molecule has 0 saturated carbocycles. The molecule has 6 nitrogen and oxygen atoms in total. The number of guanidine groups is 1. The highest BCUT2D eigenvalue weighted by atomic mass is 35.5. The number of anilines is 1. The number of aliphatic imine (C=N–C) groups is 1. The van der Waals surface area contributed by atoms with Crippen molar-refractivity contribution in [2.45, 2.75) is 13.1 Å². The van der Waals surface area contributed by atoms with Gasteiger partial charge in [-0.15, -0.1) is 0 Å². The van der Waals surface area contributed by atoms with Crippen LogP contribution >= 0.6 is 11.6 Å². The van der Waals surface area contributed by atoms with Crippen molar-refractivity contribution < 1.29 is 9.53 Å². The highest BCUT2D eigenvalue weighted by molar-refractivity contribution is 6.31. The molecule has 0 fully saturated rings. The summed E-state index contributed by atoms with van der Waals surface area (Å²) < 4.78 is 4.55. The minimum Gasteiger partial charge on any atom is -0.453 e. The predicted octanol–water partition coefficient (Wildman–Crippen LogP) is 3.38. The van der Waals surface area contributed by atoms with Crippen molar-refractivity contribution in [2.75, 3.05) is 19.5 Å². The molecule has 0 aliphatic carbocycles. The highest BCUT2D eigenvalue weighted by Crippen LogP contribution is 2.14. The molecule has 0 radical (unpaired) electrons. The molecule has 2 aromatic rings. The molecule has 132 valence electrons. The minimum absolute atomic E-state index is 0.491. The fourth-order valence-corrected chi connectivity index (χ4v) is 2.30. The molecule has 25 heavy (non-hydrogen) atoms. The van der Waals surface area contributed by atoms with Gasteiger partial charge >= 0.3 is 6.09 Å². The van der Waals surface area contributed by atoms with E-state index in [0.717, 1.165) is 16.1 Å². The Bertz CT molecular complexity index is 732. The molecule has 2 aromatic carbocycles. The Hall–Kier alpha value is -2.73. The summed E-state index contributed by atoms with van der Waals surface area (Å²) in [6.45, 7) is 1.18. The maximum atomic E-state index is 11.2. The number of methoxy groups -OCH3 is 1. The SMILES string of the molecule is CN=C(NCc1ccc(NC(=O)OC)cc1)NCc1ccccc1Cl. The van der Waals surface area contributed by atoms with Gasteiger partial charge in [-0.1, -0.05) is 41.9 Å². The lowest BCUT2D eigenvalue weighted by Crippen LogP contribution is -2.36. The molecule has 0 heterocycles. The van der Waals surface area contributed by atoms with E-state index in [-0.39, 0.29) is 0 Å². The van der Waals surface area contributed by atoms with Crippen molar-refractivity contribution in [3.8, 4) is 0 Å². The summed E-state index contributed by atoms with van der Waals surface area (Å²) in [7, 11) is 3.04. The second kappa shape index (κ2) is 9.54. The number of benzene rings is 2. The summed E-state index contributed by atoms with van der Waals surface area (Å²) >= 11 is 6.15. The van der Waals surface area contributed by atoms with Crippen LogP contribution in [-0.2, 0) is 17.8 Å². The first kappa shape index (κ1) is 18.6. The molecule has 1 amide bonds. The average molecular weight is 361 g/mol. The number of nitrogens with one attached hydrogen (secondary N) is 3. The Morgan fingerprint density at radius 1 is 1.08 bits per heavy atom. The van der Waals surface area contributed by atoms with Crippen molar-refractivity contribution in [3.05, 3.63) is 64.7 Å². The van der Waals surface area contributed by atoms with Crippen LogP contribution in [-0.4, -0.2) is 26.2 Å². The number of hydrogen-bond donors (Lipinski definition) is 3. The van der Waals surface area contributed by atoms with Gasteiger partial charge in [0.2, 0.25) is 0 Å². The van der Waals surface area contributed by atoms with E-state index < -0.39 is 6.09 Å². The molecule has 0 aliphatic heterocycles. The number of hydrogen-bond acceptors (Lipinski definition) is 3. The van der Waals surface area contributed by atoms with Gasteiger partial charge in [-0.25, -0.2) is 4.79 Å². The van der Waals surface area contributed by atoms with Gasteiger partial charge in [-0.3, -0.25) is 10.3 Å². The van der Waals surface area contributed by atoms with E-state index in [2.05, 4.69) is 25.7 Å². The first-order chi connectivity index (χ1) is 12.1. The summed E-state index contributed by atoms with van der Waals surface area (Å²) in [6.07, 6.45) is -0.491. The van der Waals surface area contributed by atoms with E-state index in [1.807, 2.05) is 48.5 Å². The molecule has 0 atom stereocenters. The van der Waals surface area contributed by atoms with Crippen molar-refractivity contribution in [1.82, 2.24) is 10.6 Å². The van der Waals surface area contributed by atoms with Gasteiger partial charge in [0, 0.05) is 30.8 Å². The first-order valence-corrected chi connectivity index (χ1v) is 8.12. The summed E-state index contributed by atoms with van der Waals surface area (Å²) in [5, 5.41) is 9.78. The third-order valence-electron chi connectivity index (χ3n) is 3.47. The van der Waals surface area contributed by atoms with Crippen LogP contribution in [0.25, 0.3) is 0 Å². The first-order valence-electron chi connectivity index (χ1n) is 7.74. The third-order valence-corrected chi connectivity index (χ3v) is 3.84. The molecule has 0 aromatic heterocycles. The quantitative estimate of drug-likeness (QED) is 0.564. The topological polar surface area (TPSA) is 74.8 Å². The van der Waals surface area contributed by atoms with E-state index in [0.29, 0.717) is 24.7 Å². The van der Waals surface area contributed by atoms with Gasteiger partial charge in [0.15, 0.2) is 5.96 Å². The van der Waals surface area contributed by atoms with E-state index in [4.69, 9.17) is 11.6 Å². The van der Waals surface area contributed by atoms with Crippen LogP contribution in [0.3, 0.4) is 0 Å². The lowest BCUT2D eigenvalue weighted by atomic mass is 10.2. The Kier molecular flexibility index (Phi) is 7.10. The van der Waals surface area contributed by atoms with E-state index in [1.165, 1.54) is 7.11 Å². The summed E-state index contributed by atoms with van der Waals surface area (Å²) in [5.74, 6) is 0.677. The van der Waals surface area contributed by atoms with Crippen molar-refractivity contribution >= 4 is 29.3 Å². The molecular formula is C18H21ClN4O2. The second-order valence-electron chi connectivity index (χ2n) is 5.18. The molecule has 7 heteroatoms. The zero-order valence-electron chi connectivity index (χ0n) is 14.2. The van der Waals surface area contributed by atoms with E-state index >= 15 is 0 Å². The lowest BCUT2D eigenvalue weighted by molar-refractivity contribution is 0.187. The number of carbonyl (C=O) groups is 1. The van der Waals surface area contributed by atoms with Gasteiger partial charge < -0.3 is 15.4 Å². The van der Waals surface area contributed by atoms with Crippen LogP contribution in [0, 0.1) is 0 Å². The number of rotatable bonds is 5. The van der Waals surface area contributed by atoms with Gasteiger partial charge in [0.05, 0.1) is 7.11 Å². The highest BCUT2D eigenvalue weighted by Gasteiger charge is 2.03. The number of ether oxygens (including phenoxy) is 1. The fourth-order valence-electron chi connectivity index (χ4n) is 2.10. The smallest absolute Gasteiger partial charge is 0.411 e. The number of halogens is 1. The van der Waals surface area contributed by atoms with Crippen LogP contribution in [0.5, 0.6) is 0 Å². The third kappa shape index (κ3) is 6.00. The van der Waals surface area contributed by atoms with Crippen LogP contribution in [0.2, 0.25) is 5.02 Å². The predicted molar refractivity (Wildman–Crippen MR) is 101 cm³/mol. The Morgan fingerprint density at radius 3 is 2.40 bits per heavy atom. The monoisotopic (exact) mass is 360 g/mol. The zero-order valence-corrected chi connectivity index (χ0v) is 14.9. The van der Waals surface area contributed by atoms with E-state index in [9.17, 15) is 4.79 Å². The van der Waals surface area contributed by atoms with Crippen molar-refractivity contribution in [2.24, 2.45) is 4.99 Å². The maximum absolute atomic E-state index is 11.2. The van der Waals surface area contributed by atoms with E-state index in [1.54, 1.807) is 7.05 Å². The molecule has 2 rings (SSSR count). The van der Waals surface area contributed by atoms with Gasteiger partial charge in [0.1, 0.15) is 0 Å². The standard InChI is InChI=1S/C18H21ClN4O2/c1-20-17(22-12-14-5-3-4-6-16(14)19)21-11-13-7-9-15(10-8-13)23-18(24)25-2/h3-10H,11-12H2,1-2H3,(H,23,24)(H2,20,21,22). The summed E-state index contributed by atoms with van der Waals surface area (Å²) in [5.41, 5.74) is 2.73. The molecule has 0 saturated heterocycles. The molecule has 0 bridgehead atoms. The van der Waals surface area contributed by atoms with Gasteiger partial charge in [-0.05, 0) is 29.3 Å². The Labute approximate surface area is 152 Å². The van der Waals surface area contributed by atoms with Gasteiger partial charge in [0.25, 0.3) is 0 Å². The second-order valence-corrected chi connectivity index (χ2v) is 5.59. The van der Waals surface area contributed by atoms with Crippen LogP contribution < -0.4 is 16.0 Å². The minimum atomic E-state index is -0.491. The fraction of sp³-hybridized carbons (Fsp3) is 0.222. The maximum Gasteiger partial charge on any atom is 0.411 e. The molecular weight excluding hydrogens is 340 g/mol. The Morgan fingerprint density at radius 2 is 1.76 bits per heavy atom. The normalized spacial score (nSPS) is 10.9.